The van der Waals surface area contributed by atoms with E-state index in [1.54, 1.807) is 6.92 Å². The third-order valence-electron chi connectivity index (χ3n) is 2.90. The maximum atomic E-state index is 11.9. The molecular weight excluding hydrogens is 302 g/mol. The van der Waals surface area contributed by atoms with Crippen LogP contribution in [0.15, 0.2) is 30.3 Å². The second kappa shape index (κ2) is 7.04. The van der Waals surface area contributed by atoms with E-state index in [1.807, 2.05) is 37.3 Å². The topological polar surface area (TPSA) is 91.3 Å². The minimum atomic E-state index is -0.951. The summed E-state index contributed by atoms with van der Waals surface area (Å²) in [6.45, 7) is 3.46. The van der Waals surface area contributed by atoms with E-state index in [2.05, 4.69) is 15.6 Å². The first-order valence-electron chi connectivity index (χ1n) is 6.78. The number of aromatic nitrogens is 1. The van der Waals surface area contributed by atoms with Crippen LogP contribution in [-0.2, 0) is 4.79 Å². The molecule has 2 aromatic rings. The number of carbonyl (C=O) groups is 2. The molecule has 6 nitrogen and oxygen atoms in total. The number of rotatable bonds is 5. The molecule has 1 atom stereocenters. The van der Waals surface area contributed by atoms with Crippen LogP contribution in [0.1, 0.15) is 19.0 Å². The molecule has 0 bridgehead atoms. The summed E-state index contributed by atoms with van der Waals surface area (Å²) in [5.74, 6) is -0.951. The number of carboxylic acids is 1. The maximum Gasteiger partial charge on any atom is 0.320 e. The third kappa shape index (κ3) is 4.29. The molecule has 1 aromatic heterocycles. The van der Waals surface area contributed by atoms with Gasteiger partial charge in [0.15, 0.2) is 0 Å². The number of benzene rings is 1. The molecule has 1 heterocycles. The summed E-state index contributed by atoms with van der Waals surface area (Å²) in [6.07, 6.45) is -0.121. The lowest BCUT2D eigenvalue weighted by atomic mass is 10.2. The summed E-state index contributed by atoms with van der Waals surface area (Å²) in [5.41, 5.74) is 1.72. The molecule has 1 unspecified atom stereocenters. The quantitative estimate of drug-likeness (QED) is 0.789. The predicted molar refractivity (Wildman–Crippen MR) is 86.2 cm³/mol. The lowest BCUT2D eigenvalue weighted by Crippen LogP contribution is -2.37. The molecule has 0 aliphatic rings. The summed E-state index contributed by atoms with van der Waals surface area (Å²) < 4.78 is 0. The fourth-order valence-electron chi connectivity index (χ4n) is 1.89. The van der Waals surface area contributed by atoms with Crippen molar-refractivity contribution in [3.05, 3.63) is 36.0 Å². The van der Waals surface area contributed by atoms with Gasteiger partial charge in [0, 0.05) is 11.6 Å². The van der Waals surface area contributed by atoms with Gasteiger partial charge in [-0.2, -0.15) is 0 Å². The molecule has 0 saturated heterocycles. The number of aryl methyl sites for hydroxylation is 1. The largest absolute Gasteiger partial charge is 0.481 e. The zero-order chi connectivity index (χ0) is 16.1. The predicted octanol–water partition coefficient (Wildman–Crippen LogP) is 3.10. The number of thiazole rings is 1. The standard InChI is InChI=1S/C15H17N3O3S/c1-9(8-12(19)20)16-15(21)18-13-10(2)17-14(22-13)11-6-4-3-5-7-11/h3-7,9H,8H2,1-2H3,(H,19,20)(H2,16,18,21). The molecule has 0 spiro atoms. The molecule has 2 rings (SSSR count). The van der Waals surface area contributed by atoms with Gasteiger partial charge in [0.2, 0.25) is 0 Å². The number of hydrogen-bond acceptors (Lipinski definition) is 4. The van der Waals surface area contributed by atoms with Gasteiger partial charge < -0.3 is 10.4 Å². The van der Waals surface area contributed by atoms with Crippen LogP contribution >= 0.6 is 11.3 Å². The number of aliphatic carboxylic acids is 1. The number of amides is 2. The Balaban J connectivity index is 2.03. The van der Waals surface area contributed by atoms with E-state index in [-0.39, 0.29) is 6.42 Å². The summed E-state index contributed by atoms with van der Waals surface area (Å²) >= 11 is 1.38. The van der Waals surface area contributed by atoms with Crippen LogP contribution in [0.3, 0.4) is 0 Å². The highest BCUT2D eigenvalue weighted by Gasteiger charge is 2.14. The zero-order valence-electron chi connectivity index (χ0n) is 12.3. The number of nitrogens with one attached hydrogen (secondary N) is 2. The van der Waals surface area contributed by atoms with E-state index in [4.69, 9.17) is 5.11 Å². The third-order valence-corrected chi connectivity index (χ3v) is 4.02. The first-order valence-corrected chi connectivity index (χ1v) is 7.59. The van der Waals surface area contributed by atoms with Gasteiger partial charge in [0.25, 0.3) is 0 Å². The van der Waals surface area contributed by atoms with Gasteiger partial charge >= 0.3 is 12.0 Å². The number of nitrogens with zero attached hydrogens (tertiary/aromatic N) is 1. The monoisotopic (exact) mass is 319 g/mol. The molecule has 7 heteroatoms. The Morgan fingerprint density at radius 1 is 1.32 bits per heavy atom. The number of urea groups is 1. The fourth-order valence-corrected chi connectivity index (χ4v) is 2.86. The minimum Gasteiger partial charge on any atom is -0.481 e. The highest BCUT2D eigenvalue weighted by Crippen LogP contribution is 2.31. The summed E-state index contributed by atoms with van der Waals surface area (Å²) in [7, 11) is 0. The molecule has 2 amide bonds. The van der Waals surface area contributed by atoms with E-state index in [1.165, 1.54) is 11.3 Å². The van der Waals surface area contributed by atoms with Gasteiger partial charge in [-0.1, -0.05) is 41.7 Å². The van der Waals surface area contributed by atoms with Crippen LogP contribution in [0.5, 0.6) is 0 Å². The van der Waals surface area contributed by atoms with Crippen LogP contribution in [0.25, 0.3) is 10.6 Å². The number of carbonyl (C=O) groups excluding carboxylic acids is 1. The molecule has 22 heavy (non-hydrogen) atoms. The number of anilines is 1. The Kier molecular flexibility index (Phi) is 5.11. The van der Waals surface area contributed by atoms with Crippen LogP contribution in [-0.4, -0.2) is 28.1 Å². The van der Waals surface area contributed by atoms with Crippen molar-refractivity contribution in [2.75, 3.05) is 5.32 Å². The van der Waals surface area contributed by atoms with Gasteiger partial charge in [-0.05, 0) is 13.8 Å². The van der Waals surface area contributed by atoms with E-state index < -0.39 is 18.0 Å². The summed E-state index contributed by atoms with van der Waals surface area (Å²) in [5, 5.41) is 15.5. The SMILES string of the molecule is Cc1nc(-c2ccccc2)sc1NC(=O)NC(C)CC(=O)O. The van der Waals surface area contributed by atoms with Gasteiger partial charge in [0.1, 0.15) is 10.0 Å². The van der Waals surface area contributed by atoms with Crippen LogP contribution < -0.4 is 10.6 Å². The Hall–Kier alpha value is -2.41. The van der Waals surface area contributed by atoms with Gasteiger partial charge in [-0.3, -0.25) is 10.1 Å². The second-order valence-corrected chi connectivity index (χ2v) is 5.90. The molecule has 0 fully saturated rings. The second-order valence-electron chi connectivity index (χ2n) is 4.90. The minimum absolute atomic E-state index is 0.121. The van der Waals surface area contributed by atoms with E-state index >= 15 is 0 Å². The number of carboxylic acid groups (broad SMARTS) is 1. The van der Waals surface area contributed by atoms with Crippen molar-refractivity contribution < 1.29 is 14.7 Å². The maximum absolute atomic E-state index is 11.9. The van der Waals surface area contributed by atoms with Crippen molar-refractivity contribution in [3.8, 4) is 10.6 Å². The van der Waals surface area contributed by atoms with E-state index in [0.717, 1.165) is 16.3 Å². The van der Waals surface area contributed by atoms with Crippen molar-refractivity contribution >= 4 is 28.3 Å². The molecule has 1 aromatic carbocycles. The van der Waals surface area contributed by atoms with Gasteiger partial charge in [-0.25, -0.2) is 9.78 Å². The molecule has 0 aliphatic carbocycles. The van der Waals surface area contributed by atoms with Crippen molar-refractivity contribution in [2.24, 2.45) is 0 Å². The van der Waals surface area contributed by atoms with Crippen molar-refractivity contribution in [1.82, 2.24) is 10.3 Å². The lowest BCUT2D eigenvalue weighted by Gasteiger charge is -2.11. The van der Waals surface area contributed by atoms with Crippen LogP contribution in [0.4, 0.5) is 9.80 Å². The Bertz CT molecular complexity index is 670. The Morgan fingerprint density at radius 3 is 2.64 bits per heavy atom. The average molecular weight is 319 g/mol. The highest BCUT2D eigenvalue weighted by molar-refractivity contribution is 7.19. The molecule has 0 saturated carbocycles. The average Bonchev–Trinajstić information content (AvgIpc) is 2.80. The highest BCUT2D eigenvalue weighted by atomic mass is 32.1. The smallest absolute Gasteiger partial charge is 0.320 e. The van der Waals surface area contributed by atoms with E-state index in [0.29, 0.717) is 5.00 Å². The number of hydrogen-bond donors (Lipinski definition) is 3. The summed E-state index contributed by atoms with van der Waals surface area (Å²) in [4.78, 5) is 26.9. The molecular formula is C15H17N3O3S. The van der Waals surface area contributed by atoms with Crippen molar-refractivity contribution in [2.45, 2.75) is 26.3 Å². The summed E-state index contributed by atoms with van der Waals surface area (Å²) in [6, 6.07) is 8.83. The Labute approximate surface area is 132 Å². The first-order chi connectivity index (χ1) is 10.5. The fraction of sp³-hybridized carbons (Fsp3) is 0.267. The molecule has 0 aliphatic heterocycles. The van der Waals surface area contributed by atoms with E-state index in [9.17, 15) is 9.59 Å². The van der Waals surface area contributed by atoms with Crippen LogP contribution in [0, 0.1) is 6.92 Å². The molecule has 0 radical (unpaired) electrons. The van der Waals surface area contributed by atoms with Crippen molar-refractivity contribution in [3.63, 3.8) is 0 Å². The van der Waals surface area contributed by atoms with Crippen LogP contribution in [0.2, 0.25) is 0 Å². The van der Waals surface area contributed by atoms with Gasteiger partial charge in [0.05, 0.1) is 12.1 Å². The van der Waals surface area contributed by atoms with Gasteiger partial charge in [-0.15, -0.1) is 0 Å². The zero-order valence-corrected chi connectivity index (χ0v) is 13.1. The Morgan fingerprint density at radius 2 is 2.00 bits per heavy atom. The van der Waals surface area contributed by atoms with Crippen molar-refractivity contribution in [1.29, 1.82) is 0 Å². The lowest BCUT2D eigenvalue weighted by molar-refractivity contribution is -0.137. The molecule has 3 N–H and O–H groups in total. The molecule has 116 valence electrons. The normalized spacial score (nSPS) is 11.7. The first kappa shape index (κ1) is 16.0.